The number of hydrogen-bond acceptors (Lipinski definition) is 6. The number of likely N-dealkylation sites (N-methyl/N-ethyl adjacent to an activating group) is 2. The van der Waals surface area contributed by atoms with Gasteiger partial charge in [-0.25, -0.2) is 0 Å². The first-order valence-corrected chi connectivity index (χ1v) is 11.9. The molecule has 0 bridgehead atoms. The quantitative estimate of drug-likeness (QED) is 0.366. The summed E-state index contributed by atoms with van der Waals surface area (Å²) in [4.78, 5) is 42.8. The molecule has 176 valence electrons. The molecule has 3 N–H and O–H groups in total. The molecule has 0 unspecified atom stereocenters. The van der Waals surface area contributed by atoms with Crippen LogP contribution < -0.4 is 5.73 Å². The molecule has 0 spiro atoms. The van der Waals surface area contributed by atoms with Crippen LogP contribution in [0.1, 0.15) is 53.9 Å². The summed E-state index contributed by atoms with van der Waals surface area (Å²) in [6.45, 7) is 12.1. The van der Waals surface area contributed by atoms with Gasteiger partial charge in [-0.1, -0.05) is 20.8 Å². The maximum absolute atomic E-state index is 13.3. The lowest BCUT2D eigenvalue weighted by Gasteiger charge is -2.35. The van der Waals surface area contributed by atoms with Gasteiger partial charge in [0.05, 0.1) is 5.60 Å². The van der Waals surface area contributed by atoms with Crippen LogP contribution in [0.5, 0.6) is 0 Å². The highest BCUT2D eigenvalue weighted by atomic mass is 32.2. The molecule has 8 nitrogen and oxygen atoms in total. The summed E-state index contributed by atoms with van der Waals surface area (Å²) in [7, 11) is 3.14. The number of aliphatic hydroxyl groups is 1. The van der Waals surface area contributed by atoms with Gasteiger partial charge in [-0.05, 0) is 33.4 Å². The molecular formula is C21H42N4O4S. The Kier molecular flexibility index (Phi) is 13.3. The molecule has 0 radical (unpaired) electrons. The van der Waals surface area contributed by atoms with Crippen LogP contribution in [-0.2, 0) is 14.4 Å². The number of rotatable bonds is 15. The van der Waals surface area contributed by atoms with Crippen molar-refractivity contribution in [1.82, 2.24) is 14.7 Å². The van der Waals surface area contributed by atoms with Crippen molar-refractivity contribution < 1.29 is 19.5 Å². The number of nitrogens with two attached hydrogens (primary N) is 1. The lowest BCUT2D eigenvalue weighted by molar-refractivity contribution is -0.147. The SMILES string of the molecule is CCCC(=O)N(C)[C@@H](CSCCN(CC)CC)C(=O)N(C)[C@@H](CC(C)(C)O)C(N)=O. The summed E-state index contributed by atoms with van der Waals surface area (Å²) in [6, 6.07) is -1.64. The second-order valence-corrected chi connectivity index (χ2v) is 9.41. The van der Waals surface area contributed by atoms with Gasteiger partial charge in [0.1, 0.15) is 12.1 Å². The summed E-state index contributed by atoms with van der Waals surface area (Å²) in [5.74, 6) is 0.152. The van der Waals surface area contributed by atoms with Crippen LogP contribution in [0.3, 0.4) is 0 Å². The zero-order valence-corrected chi connectivity index (χ0v) is 20.6. The maximum Gasteiger partial charge on any atom is 0.246 e. The van der Waals surface area contributed by atoms with Crippen molar-refractivity contribution >= 4 is 29.5 Å². The van der Waals surface area contributed by atoms with E-state index in [1.807, 2.05) is 6.92 Å². The molecule has 0 aliphatic carbocycles. The lowest BCUT2D eigenvalue weighted by Crippen LogP contribution is -2.56. The van der Waals surface area contributed by atoms with Crippen LogP contribution in [0.25, 0.3) is 0 Å². The Balaban J connectivity index is 5.41. The fraction of sp³-hybridized carbons (Fsp3) is 0.857. The van der Waals surface area contributed by atoms with E-state index in [9.17, 15) is 19.5 Å². The first kappa shape index (κ1) is 28.7. The van der Waals surface area contributed by atoms with Gasteiger partial charge in [0, 0.05) is 45.0 Å². The summed E-state index contributed by atoms with van der Waals surface area (Å²) in [5, 5.41) is 10.1. The summed E-state index contributed by atoms with van der Waals surface area (Å²) in [6.07, 6.45) is 1.08. The van der Waals surface area contributed by atoms with Crippen LogP contribution >= 0.6 is 11.8 Å². The molecule has 0 aromatic heterocycles. The number of thioether (sulfide) groups is 1. The van der Waals surface area contributed by atoms with Gasteiger partial charge in [0.25, 0.3) is 0 Å². The van der Waals surface area contributed by atoms with Crippen LogP contribution in [0, 0.1) is 0 Å². The third-order valence-electron chi connectivity index (χ3n) is 5.17. The van der Waals surface area contributed by atoms with Crippen LogP contribution in [0.4, 0.5) is 0 Å². The van der Waals surface area contributed by atoms with Gasteiger partial charge in [-0.3, -0.25) is 14.4 Å². The van der Waals surface area contributed by atoms with Gasteiger partial charge in [-0.15, -0.1) is 0 Å². The van der Waals surface area contributed by atoms with E-state index in [1.54, 1.807) is 32.7 Å². The van der Waals surface area contributed by atoms with Gasteiger partial charge < -0.3 is 25.5 Å². The summed E-state index contributed by atoms with van der Waals surface area (Å²) < 4.78 is 0. The minimum absolute atomic E-state index is 0.0268. The Bertz CT molecular complexity index is 550. The molecule has 0 aromatic rings. The summed E-state index contributed by atoms with van der Waals surface area (Å²) in [5.41, 5.74) is 4.36. The fourth-order valence-corrected chi connectivity index (χ4v) is 4.27. The second kappa shape index (κ2) is 13.9. The third kappa shape index (κ3) is 10.1. The fourth-order valence-electron chi connectivity index (χ4n) is 3.13. The Labute approximate surface area is 186 Å². The molecular weight excluding hydrogens is 404 g/mol. The molecule has 0 aliphatic rings. The highest BCUT2D eigenvalue weighted by Crippen LogP contribution is 2.18. The van der Waals surface area contributed by atoms with E-state index in [4.69, 9.17) is 5.73 Å². The molecule has 9 heteroatoms. The summed E-state index contributed by atoms with van der Waals surface area (Å²) >= 11 is 1.61. The molecule has 30 heavy (non-hydrogen) atoms. The second-order valence-electron chi connectivity index (χ2n) is 8.26. The highest BCUT2D eigenvalue weighted by molar-refractivity contribution is 7.99. The molecule has 0 aromatic carbocycles. The molecule has 0 heterocycles. The van der Waals surface area contributed by atoms with E-state index in [0.29, 0.717) is 18.6 Å². The third-order valence-corrected chi connectivity index (χ3v) is 6.19. The van der Waals surface area contributed by atoms with Crippen molar-refractivity contribution in [2.75, 3.05) is 45.2 Å². The van der Waals surface area contributed by atoms with Gasteiger partial charge >= 0.3 is 0 Å². The Hall–Kier alpha value is -1.32. The molecule has 0 rings (SSSR count). The first-order chi connectivity index (χ1) is 13.9. The topological polar surface area (TPSA) is 107 Å². The van der Waals surface area contributed by atoms with Crippen molar-refractivity contribution in [2.24, 2.45) is 5.73 Å². The van der Waals surface area contributed by atoms with Gasteiger partial charge in [0.15, 0.2) is 0 Å². The van der Waals surface area contributed by atoms with Crippen LogP contribution in [-0.4, -0.2) is 100 Å². The zero-order valence-electron chi connectivity index (χ0n) is 19.8. The number of nitrogens with zero attached hydrogens (tertiary/aromatic N) is 3. The monoisotopic (exact) mass is 446 g/mol. The van der Waals surface area contributed by atoms with E-state index in [2.05, 4.69) is 18.7 Å². The van der Waals surface area contributed by atoms with Crippen molar-refractivity contribution in [3.05, 3.63) is 0 Å². The number of primary amides is 1. The standard InChI is InChI=1S/C21H42N4O4S/c1-8-11-18(26)23(6)17(15-30-13-12-25(9-2)10-3)20(28)24(7)16(19(22)27)14-21(4,5)29/h16-17,29H,8-15H2,1-7H3,(H2,22,27)/t16-,17-/m0/s1. The molecule has 3 amide bonds. The highest BCUT2D eigenvalue weighted by Gasteiger charge is 2.36. The van der Waals surface area contributed by atoms with Crippen molar-refractivity contribution in [3.63, 3.8) is 0 Å². The smallest absolute Gasteiger partial charge is 0.246 e. The van der Waals surface area contributed by atoms with Crippen molar-refractivity contribution in [3.8, 4) is 0 Å². The Morgan fingerprint density at radius 2 is 1.60 bits per heavy atom. The predicted octanol–water partition coefficient (Wildman–Crippen LogP) is 1.16. The van der Waals surface area contributed by atoms with Crippen molar-refractivity contribution in [2.45, 2.75) is 71.6 Å². The largest absolute Gasteiger partial charge is 0.390 e. The minimum Gasteiger partial charge on any atom is -0.390 e. The van der Waals surface area contributed by atoms with Crippen LogP contribution in [0.15, 0.2) is 0 Å². The molecule has 0 saturated carbocycles. The Morgan fingerprint density at radius 1 is 1.03 bits per heavy atom. The number of carbonyl (C=O) groups excluding carboxylic acids is 3. The van der Waals surface area contributed by atoms with E-state index in [-0.39, 0.29) is 18.2 Å². The number of carbonyl (C=O) groups is 3. The first-order valence-electron chi connectivity index (χ1n) is 10.7. The van der Waals surface area contributed by atoms with E-state index in [0.717, 1.165) is 25.4 Å². The average molecular weight is 447 g/mol. The van der Waals surface area contributed by atoms with Crippen molar-refractivity contribution in [1.29, 1.82) is 0 Å². The van der Waals surface area contributed by atoms with Gasteiger partial charge in [0.2, 0.25) is 17.7 Å². The predicted molar refractivity (Wildman–Crippen MR) is 123 cm³/mol. The Morgan fingerprint density at radius 3 is 2.03 bits per heavy atom. The molecule has 2 atom stereocenters. The number of amides is 3. The van der Waals surface area contributed by atoms with E-state index >= 15 is 0 Å². The number of hydrogen-bond donors (Lipinski definition) is 2. The molecule has 0 aliphatic heterocycles. The normalized spacial score (nSPS) is 13.8. The van der Waals surface area contributed by atoms with E-state index in [1.165, 1.54) is 16.8 Å². The minimum atomic E-state index is -1.16. The molecule has 0 saturated heterocycles. The average Bonchev–Trinajstić information content (AvgIpc) is 2.67. The zero-order chi connectivity index (χ0) is 23.5. The molecule has 0 fully saturated rings. The van der Waals surface area contributed by atoms with Crippen LogP contribution in [0.2, 0.25) is 0 Å². The maximum atomic E-state index is 13.3. The van der Waals surface area contributed by atoms with Gasteiger partial charge in [-0.2, -0.15) is 11.8 Å². The van der Waals surface area contributed by atoms with E-state index < -0.39 is 23.6 Å². The lowest BCUT2D eigenvalue weighted by atomic mass is 9.97.